The summed E-state index contributed by atoms with van der Waals surface area (Å²) in [5, 5.41) is 9.89. The standard InChI is InChI=1S/C10H15BrN2O2/c1-15-8-3-2-6(11)9(10(8)14)7(13)4-5-12/h2-3,7,14H,4-5,12-13H2,1H3/t7-/m1/s1. The van der Waals surface area contributed by atoms with Gasteiger partial charge < -0.3 is 21.3 Å². The van der Waals surface area contributed by atoms with Gasteiger partial charge in [0.15, 0.2) is 11.5 Å². The van der Waals surface area contributed by atoms with E-state index in [0.717, 1.165) is 4.47 Å². The summed E-state index contributed by atoms with van der Waals surface area (Å²) in [5.41, 5.74) is 12.0. The van der Waals surface area contributed by atoms with E-state index in [1.165, 1.54) is 7.11 Å². The van der Waals surface area contributed by atoms with Crippen molar-refractivity contribution in [3.63, 3.8) is 0 Å². The van der Waals surface area contributed by atoms with Crippen molar-refractivity contribution in [3.8, 4) is 11.5 Å². The van der Waals surface area contributed by atoms with Crippen molar-refractivity contribution in [2.75, 3.05) is 13.7 Å². The average molecular weight is 275 g/mol. The summed E-state index contributed by atoms with van der Waals surface area (Å²) < 4.78 is 5.78. The van der Waals surface area contributed by atoms with Gasteiger partial charge in [0.2, 0.25) is 0 Å². The van der Waals surface area contributed by atoms with Gasteiger partial charge >= 0.3 is 0 Å². The third-order valence-corrected chi connectivity index (χ3v) is 2.89. The Morgan fingerprint density at radius 3 is 2.73 bits per heavy atom. The van der Waals surface area contributed by atoms with Gasteiger partial charge in [-0.3, -0.25) is 0 Å². The molecule has 5 N–H and O–H groups in total. The molecule has 1 atom stereocenters. The van der Waals surface area contributed by atoms with Crippen LogP contribution in [0.15, 0.2) is 16.6 Å². The molecule has 1 rings (SSSR count). The number of phenols is 1. The Bertz CT molecular complexity index is 344. The summed E-state index contributed by atoms with van der Waals surface area (Å²) in [5.74, 6) is 0.494. The highest BCUT2D eigenvalue weighted by atomic mass is 79.9. The number of halogens is 1. The first-order valence-corrected chi connectivity index (χ1v) is 5.42. The van der Waals surface area contributed by atoms with E-state index in [9.17, 15) is 5.11 Å². The Hall–Kier alpha value is -0.780. The van der Waals surface area contributed by atoms with Crippen LogP contribution >= 0.6 is 15.9 Å². The van der Waals surface area contributed by atoms with E-state index >= 15 is 0 Å². The summed E-state index contributed by atoms with van der Waals surface area (Å²) in [6.07, 6.45) is 0.610. The number of methoxy groups -OCH3 is 1. The SMILES string of the molecule is COc1ccc(Br)c([C@H](N)CCN)c1O. The Morgan fingerprint density at radius 2 is 2.20 bits per heavy atom. The van der Waals surface area contributed by atoms with E-state index in [1.54, 1.807) is 12.1 Å². The molecule has 0 unspecified atom stereocenters. The fraction of sp³-hybridized carbons (Fsp3) is 0.400. The highest BCUT2D eigenvalue weighted by molar-refractivity contribution is 9.10. The molecule has 0 aliphatic carbocycles. The molecule has 4 nitrogen and oxygen atoms in total. The van der Waals surface area contributed by atoms with Gasteiger partial charge in [-0.25, -0.2) is 0 Å². The predicted molar refractivity (Wildman–Crippen MR) is 63.0 cm³/mol. The number of hydrogen-bond acceptors (Lipinski definition) is 4. The van der Waals surface area contributed by atoms with Gasteiger partial charge in [0.05, 0.1) is 7.11 Å². The zero-order valence-electron chi connectivity index (χ0n) is 8.53. The largest absolute Gasteiger partial charge is 0.504 e. The van der Waals surface area contributed by atoms with Gasteiger partial charge in [-0.05, 0) is 25.1 Å². The lowest BCUT2D eigenvalue weighted by Gasteiger charge is -2.16. The first kappa shape index (κ1) is 12.3. The molecule has 0 heterocycles. The summed E-state index contributed by atoms with van der Waals surface area (Å²) in [6, 6.07) is 3.18. The van der Waals surface area contributed by atoms with E-state index in [1.807, 2.05) is 0 Å². The van der Waals surface area contributed by atoms with Crippen LogP contribution in [0.5, 0.6) is 11.5 Å². The van der Waals surface area contributed by atoms with Crippen molar-refractivity contribution < 1.29 is 9.84 Å². The molecule has 1 aromatic carbocycles. The lowest BCUT2D eigenvalue weighted by atomic mass is 10.0. The van der Waals surface area contributed by atoms with E-state index in [0.29, 0.717) is 24.3 Å². The van der Waals surface area contributed by atoms with Crippen LogP contribution < -0.4 is 16.2 Å². The molecule has 5 heteroatoms. The van der Waals surface area contributed by atoms with Crippen LogP contribution in [-0.2, 0) is 0 Å². The minimum absolute atomic E-state index is 0.0767. The van der Waals surface area contributed by atoms with Crippen LogP contribution in [0.3, 0.4) is 0 Å². The fourth-order valence-electron chi connectivity index (χ4n) is 1.40. The first-order valence-electron chi connectivity index (χ1n) is 4.62. The molecular formula is C10H15BrN2O2. The number of ether oxygens (including phenoxy) is 1. The third-order valence-electron chi connectivity index (χ3n) is 2.20. The second-order valence-electron chi connectivity index (χ2n) is 3.20. The molecule has 0 fully saturated rings. The molecule has 0 aliphatic rings. The zero-order chi connectivity index (χ0) is 11.4. The summed E-state index contributed by atoms with van der Waals surface area (Å²) in [4.78, 5) is 0. The van der Waals surface area contributed by atoms with Crippen LogP contribution in [0, 0.1) is 0 Å². The maximum absolute atomic E-state index is 9.89. The highest BCUT2D eigenvalue weighted by Crippen LogP contribution is 2.38. The highest BCUT2D eigenvalue weighted by Gasteiger charge is 2.17. The van der Waals surface area contributed by atoms with Crippen molar-refractivity contribution in [1.82, 2.24) is 0 Å². The Balaban J connectivity index is 3.14. The normalized spacial score (nSPS) is 12.5. The van der Waals surface area contributed by atoms with Gasteiger partial charge in [0.1, 0.15) is 0 Å². The molecule has 15 heavy (non-hydrogen) atoms. The summed E-state index contributed by atoms with van der Waals surface area (Å²) in [6.45, 7) is 0.476. The average Bonchev–Trinajstić information content (AvgIpc) is 2.18. The second-order valence-corrected chi connectivity index (χ2v) is 4.05. The molecule has 0 bridgehead atoms. The van der Waals surface area contributed by atoms with E-state index in [2.05, 4.69) is 15.9 Å². The molecule has 0 amide bonds. The topological polar surface area (TPSA) is 81.5 Å². The molecule has 0 radical (unpaired) electrons. The maximum atomic E-state index is 9.89. The van der Waals surface area contributed by atoms with Crippen LogP contribution in [-0.4, -0.2) is 18.8 Å². The minimum Gasteiger partial charge on any atom is -0.504 e. The first-order chi connectivity index (χ1) is 7.11. The number of nitrogens with two attached hydrogens (primary N) is 2. The third kappa shape index (κ3) is 2.62. The lowest BCUT2D eigenvalue weighted by Crippen LogP contribution is -2.16. The second kappa shape index (κ2) is 5.34. The van der Waals surface area contributed by atoms with Gasteiger partial charge in [-0.2, -0.15) is 0 Å². The van der Waals surface area contributed by atoms with Crippen molar-refractivity contribution in [1.29, 1.82) is 0 Å². The van der Waals surface area contributed by atoms with Crippen molar-refractivity contribution in [3.05, 3.63) is 22.2 Å². The van der Waals surface area contributed by atoms with Gasteiger partial charge in [0, 0.05) is 16.1 Å². The summed E-state index contributed by atoms with van der Waals surface area (Å²) >= 11 is 3.34. The van der Waals surface area contributed by atoms with E-state index in [4.69, 9.17) is 16.2 Å². The molecule has 1 aromatic rings. The van der Waals surface area contributed by atoms with Gasteiger partial charge in [0.25, 0.3) is 0 Å². The maximum Gasteiger partial charge on any atom is 0.163 e. The van der Waals surface area contributed by atoms with Crippen molar-refractivity contribution >= 4 is 15.9 Å². The number of aromatic hydroxyl groups is 1. The molecule has 0 aromatic heterocycles. The van der Waals surface area contributed by atoms with Crippen LogP contribution in [0.25, 0.3) is 0 Å². The summed E-state index contributed by atoms with van der Waals surface area (Å²) in [7, 11) is 1.50. The van der Waals surface area contributed by atoms with E-state index in [-0.39, 0.29) is 11.8 Å². The smallest absolute Gasteiger partial charge is 0.163 e. The molecule has 84 valence electrons. The fourth-order valence-corrected chi connectivity index (χ4v) is 2.02. The molecule has 0 saturated carbocycles. The molecule has 0 aliphatic heterocycles. The van der Waals surface area contributed by atoms with Crippen molar-refractivity contribution in [2.45, 2.75) is 12.5 Å². The van der Waals surface area contributed by atoms with Crippen molar-refractivity contribution in [2.24, 2.45) is 11.5 Å². The lowest BCUT2D eigenvalue weighted by molar-refractivity contribution is 0.367. The number of phenolic OH excluding ortho intramolecular Hbond substituents is 1. The molecule has 0 spiro atoms. The Labute approximate surface area is 97.3 Å². The minimum atomic E-state index is -0.292. The Morgan fingerprint density at radius 1 is 1.53 bits per heavy atom. The van der Waals surface area contributed by atoms with E-state index < -0.39 is 0 Å². The van der Waals surface area contributed by atoms with Gasteiger partial charge in [-0.1, -0.05) is 15.9 Å². The molecule has 0 saturated heterocycles. The number of benzene rings is 1. The number of hydrogen-bond donors (Lipinski definition) is 3. The zero-order valence-corrected chi connectivity index (χ0v) is 10.1. The van der Waals surface area contributed by atoms with Crippen LogP contribution in [0.2, 0.25) is 0 Å². The predicted octanol–water partition coefficient (Wildman–Crippen LogP) is 1.51. The Kier molecular flexibility index (Phi) is 4.38. The van der Waals surface area contributed by atoms with Crippen LogP contribution in [0.1, 0.15) is 18.0 Å². The van der Waals surface area contributed by atoms with Gasteiger partial charge in [-0.15, -0.1) is 0 Å². The monoisotopic (exact) mass is 274 g/mol. The quantitative estimate of drug-likeness (QED) is 0.778. The number of rotatable bonds is 4. The van der Waals surface area contributed by atoms with Crippen LogP contribution in [0.4, 0.5) is 0 Å². The molecular weight excluding hydrogens is 260 g/mol.